The topological polar surface area (TPSA) is 32.3 Å². The van der Waals surface area contributed by atoms with Crippen LogP contribution in [-0.2, 0) is 12.8 Å². The molecule has 2 rings (SSSR count). The summed E-state index contributed by atoms with van der Waals surface area (Å²) in [6, 6.07) is 6.78. The molecule has 1 N–H and O–H groups in total. The molecule has 0 aliphatic heterocycles. The Hall–Kier alpha value is -1.51. The lowest BCUT2D eigenvalue weighted by Gasteiger charge is -2.24. The first-order chi connectivity index (χ1) is 9.65. The zero-order valence-electron chi connectivity index (χ0n) is 12.9. The van der Waals surface area contributed by atoms with E-state index >= 15 is 0 Å². The highest BCUT2D eigenvalue weighted by Gasteiger charge is 2.16. The second-order valence-electron chi connectivity index (χ2n) is 5.58. The third-order valence-corrected chi connectivity index (χ3v) is 4.26. The van der Waals surface area contributed by atoms with Crippen molar-refractivity contribution >= 4 is 6.03 Å². The van der Waals surface area contributed by atoms with Crippen molar-refractivity contribution in [2.24, 2.45) is 0 Å². The van der Waals surface area contributed by atoms with Gasteiger partial charge in [0, 0.05) is 13.1 Å². The number of nitrogens with one attached hydrogen (secondary N) is 1. The number of fused-ring (bicyclic) bond motifs is 1. The summed E-state index contributed by atoms with van der Waals surface area (Å²) in [5.41, 5.74) is 4.17. The zero-order chi connectivity index (χ0) is 14.5. The molecule has 110 valence electrons. The number of amides is 2. The molecule has 0 heterocycles. The fourth-order valence-corrected chi connectivity index (χ4v) is 2.89. The lowest BCUT2D eigenvalue weighted by molar-refractivity contribution is 0.200. The molecule has 3 nitrogen and oxygen atoms in total. The van der Waals surface area contributed by atoms with Crippen LogP contribution < -0.4 is 5.32 Å². The smallest absolute Gasteiger partial charge is 0.317 e. The van der Waals surface area contributed by atoms with Gasteiger partial charge in [-0.2, -0.15) is 0 Å². The Morgan fingerprint density at radius 2 is 1.85 bits per heavy atom. The average Bonchev–Trinajstić information content (AvgIpc) is 2.48. The molecule has 3 heteroatoms. The highest BCUT2D eigenvalue weighted by molar-refractivity contribution is 5.74. The van der Waals surface area contributed by atoms with Crippen molar-refractivity contribution in [1.82, 2.24) is 10.2 Å². The van der Waals surface area contributed by atoms with Crippen molar-refractivity contribution in [3.8, 4) is 0 Å². The van der Waals surface area contributed by atoms with Crippen molar-refractivity contribution in [3.05, 3.63) is 34.9 Å². The molecule has 0 saturated heterocycles. The van der Waals surface area contributed by atoms with Gasteiger partial charge in [-0.1, -0.05) is 18.2 Å². The Kier molecular flexibility index (Phi) is 5.05. The Balaban J connectivity index is 2.05. The molecule has 0 aromatic heterocycles. The molecule has 2 amide bonds. The van der Waals surface area contributed by atoms with Crippen molar-refractivity contribution in [1.29, 1.82) is 0 Å². The summed E-state index contributed by atoms with van der Waals surface area (Å²) in [6.45, 7) is 7.57. The Morgan fingerprint density at radius 3 is 2.50 bits per heavy atom. The van der Waals surface area contributed by atoms with E-state index < -0.39 is 0 Å². The standard InChI is InChI=1S/C17H26N2O/c1-4-19(5-2)17(20)18-13(3)15-11-10-14-8-6-7-9-16(14)12-15/h10-13H,4-9H2,1-3H3,(H,18,20). The molecule has 0 fully saturated rings. The number of benzene rings is 1. The van der Waals surface area contributed by atoms with E-state index in [9.17, 15) is 4.79 Å². The molecule has 0 bridgehead atoms. The third-order valence-electron chi connectivity index (χ3n) is 4.26. The first-order valence-electron chi connectivity index (χ1n) is 7.82. The van der Waals surface area contributed by atoms with Gasteiger partial charge in [-0.25, -0.2) is 4.79 Å². The maximum Gasteiger partial charge on any atom is 0.317 e. The van der Waals surface area contributed by atoms with Gasteiger partial charge < -0.3 is 10.2 Å². The SMILES string of the molecule is CCN(CC)C(=O)NC(C)c1ccc2c(c1)CCCC2. The van der Waals surface area contributed by atoms with Gasteiger partial charge in [0.15, 0.2) is 0 Å². The monoisotopic (exact) mass is 274 g/mol. The van der Waals surface area contributed by atoms with Crippen LogP contribution in [0.5, 0.6) is 0 Å². The lowest BCUT2D eigenvalue weighted by Crippen LogP contribution is -2.40. The number of carbonyl (C=O) groups excluding carboxylic acids is 1. The minimum Gasteiger partial charge on any atom is -0.331 e. The summed E-state index contributed by atoms with van der Waals surface area (Å²) in [7, 11) is 0. The highest BCUT2D eigenvalue weighted by atomic mass is 16.2. The largest absolute Gasteiger partial charge is 0.331 e. The van der Waals surface area contributed by atoms with Crippen LogP contribution in [-0.4, -0.2) is 24.0 Å². The molecule has 1 aliphatic carbocycles. The number of carbonyl (C=O) groups is 1. The van der Waals surface area contributed by atoms with Crippen LogP contribution in [0.4, 0.5) is 4.79 Å². The van der Waals surface area contributed by atoms with Gasteiger partial charge in [0.2, 0.25) is 0 Å². The maximum absolute atomic E-state index is 12.1. The van der Waals surface area contributed by atoms with Gasteiger partial charge in [-0.3, -0.25) is 0 Å². The predicted molar refractivity (Wildman–Crippen MR) is 83.0 cm³/mol. The minimum absolute atomic E-state index is 0.0280. The van der Waals surface area contributed by atoms with E-state index in [2.05, 4.69) is 30.4 Å². The Morgan fingerprint density at radius 1 is 1.20 bits per heavy atom. The molecule has 1 atom stereocenters. The molecule has 1 aromatic carbocycles. The minimum atomic E-state index is 0.0280. The number of nitrogens with zero attached hydrogens (tertiary/aromatic N) is 1. The van der Waals surface area contributed by atoms with Crippen LogP contribution in [0, 0.1) is 0 Å². The van der Waals surface area contributed by atoms with Crippen molar-refractivity contribution in [3.63, 3.8) is 0 Å². The van der Waals surface area contributed by atoms with Gasteiger partial charge in [0.25, 0.3) is 0 Å². The van der Waals surface area contributed by atoms with Crippen LogP contribution in [0.2, 0.25) is 0 Å². The summed E-state index contributed by atoms with van der Waals surface area (Å²) in [5, 5.41) is 3.09. The normalized spacial score (nSPS) is 15.3. The lowest BCUT2D eigenvalue weighted by atomic mass is 9.89. The predicted octanol–water partition coefficient (Wildman–Crippen LogP) is 3.68. The second kappa shape index (κ2) is 6.78. The first-order valence-corrected chi connectivity index (χ1v) is 7.82. The van der Waals surface area contributed by atoms with E-state index in [4.69, 9.17) is 0 Å². The zero-order valence-corrected chi connectivity index (χ0v) is 12.9. The molecule has 1 unspecified atom stereocenters. The van der Waals surface area contributed by atoms with Gasteiger partial charge in [-0.15, -0.1) is 0 Å². The molecule has 20 heavy (non-hydrogen) atoms. The van der Waals surface area contributed by atoms with E-state index in [0.717, 1.165) is 13.1 Å². The molecule has 0 saturated carbocycles. The molecule has 0 radical (unpaired) electrons. The van der Waals surface area contributed by atoms with E-state index in [1.54, 1.807) is 0 Å². The highest BCUT2D eigenvalue weighted by Crippen LogP contribution is 2.24. The van der Waals surface area contributed by atoms with E-state index in [1.165, 1.54) is 42.4 Å². The van der Waals surface area contributed by atoms with E-state index in [-0.39, 0.29) is 12.1 Å². The van der Waals surface area contributed by atoms with Crippen LogP contribution in [0.25, 0.3) is 0 Å². The fraction of sp³-hybridized carbons (Fsp3) is 0.588. The van der Waals surface area contributed by atoms with Crippen LogP contribution >= 0.6 is 0 Å². The summed E-state index contributed by atoms with van der Waals surface area (Å²) in [4.78, 5) is 13.9. The summed E-state index contributed by atoms with van der Waals surface area (Å²) >= 11 is 0. The van der Waals surface area contributed by atoms with Crippen LogP contribution in [0.15, 0.2) is 18.2 Å². The Bertz CT molecular complexity index is 466. The second-order valence-corrected chi connectivity index (χ2v) is 5.58. The molecular formula is C17H26N2O. The van der Waals surface area contributed by atoms with Crippen LogP contribution in [0.3, 0.4) is 0 Å². The van der Waals surface area contributed by atoms with Gasteiger partial charge >= 0.3 is 6.03 Å². The Labute approximate surface area is 122 Å². The molecular weight excluding hydrogens is 248 g/mol. The number of hydrogen-bond acceptors (Lipinski definition) is 1. The van der Waals surface area contributed by atoms with Crippen LogP contribution in [0.1, 0.15) is 56.3 Å². The van der Waals surface area contributed by atoms with E-state index in [0.29, 0.717) is 0 Å². The molecule has 1 aromatic rings. The number of rotatable bonds is 4. The number of hydrogen-bond donors (Lipinski definition) is 1. The third kappa shape index (κ3) is 3.33. The number of aryl methyl sites for hydroxylation is 2. The average molecular weight is 274 g/mol. The fourth-order valence-electron chi connectivity index (χ4n) is 2.89. The summed E-state index contributed by atoms with van der Waals surface area (Å²) in [5.74, 6) is 0. The maximum atomic E-state index is 12.1. The van der Waals surface area contributed by atoms with Crippen molar-refractivity contribution in [2.75, 3.05) is 13.1 Å². The first kappa shape index (κ1) is 14.9. The quantitative estimate of drug-likeness (QED) is 0.892. The number of urea groups is 1. The summed E-state index contributed by atoms with van der Waals surface area (Å²) in [6.07, 6.45) is 4.98. The van der Waals surface area contributed by atoms with Crippen molar-refractivity contribution in [2.45, 2.75) is 52.5 Å². The van der Waals surface area contributed by atoms with Crippen molar-refractivity contribution < 1.29 is 4.79 Å². The molecule has 1 aliphatic rings. The van der Waals surface area contributed by atoms with Gasteiger partial charge in [0.1, 0.15) is 0 Å². The van der Waals surface area contributed by atoms with E-state index in [1.807, 2.05) is 18.7 Å². The molecule has 0 spiro atoms. The van der Waals surface area contributed by atoms with Gasteiger partial charge in [0.05, 0.1) is 6.04 Å². The summed E-state index contributed by atoms with van der Waals surface area (Å²) < 4.78 is 0. The van der Waals surface area contributed by atoms with Gasteiger partial charge in [-0.05, 0) is 63.1 Å².